The van der Waals surface area contributed by atoms with Gasteiger partial charge in [0, 0.05) is 13.1 Å². The number of methoxy groups -OCH3 is 1. The average molecular weight is 428 g/mol. The fourth-order valence-corrected chi connectivity index (χ4v) is 3.78. The lowest BCUT2D eigenvalue weighted by atomic mass is 10.1. The number of nitro groups is 2. The van der Waals surface area contributed by atoms with Crippen LogP contribution in [0.1, 0.15) is 25.7 Å². The molecule has 1 aromatic heterocycles. The van der Waals surface area contributed by atoms with E-state index in [1.54, 1.807) is 12.1 Å². The molecule has 1 aliphatic rings. The molecule has 0 spiro atoms. The first-order valence-corrected chi connectivity index (χ1v) is 9.77. The number of nitro benzene ring substituents is 2. The van der Waals surface area contributed by atoms with E-state index < -0.39 is 9.85 Å². The third-order valence-electron chi connectivity index (χ3n) is 5.29. The second-order valence-corrected chi connectivity index (χ2v) is 7.18. The third-order valence-corrected chi connectivity index (χ3v) is 5.29. The smallest absolute Gasteiger partial charge is 0.323 e. The lowest BCUT2D eigenvalue weighted by molar-refractivity contribution is -0.384. The second kappa shape index (κ2) is 8.42. The van der Waals surface area contributed by atoms with Crippen LogP contribution in [0, 0.1) is 20.2 Å². The summed E-state index contributed by atoms with van der Waals surface area (Å²) in [6.07, 6.45) is 3.94. The summed E-state index contributed by atoms with van der Waals surface area (Å²) < 4.78 is 9.87. The van der Waals surface area contributed by atoms with Crippen molar-refractivity contribution >= 4 is 39.5 Å². The van der Waals surface area contributed by atoms with E-state index in [1.807, 2.05) is 4.90 Å². The first-order chi connectivity index (χ1) is 15.0. The maximum Gasteiger partial charge on any atom is 0.323 e. The van der Waals surface area contributed by atoms with E-state index in [2.05, 4.69) is 15.6 Å². The summed E-state index contributed by atoms with van der Waals surface area (Å²) in [5.74, 6) is 0.333. The van der Waals surface area contributed by atoms with Crippen LogP contribution in [0.15, 0.2) is 28.9 Å². The van der Waals surface area contributed by atoms with Crippen molar-refractivity contribution in [3.05, 3.63) is 44.5 Å². The molecule has 1 fully saturated rings. The molecule has 1 saturated heterocycles. The molecule has 0 amide bonds. The minimum Gasteiger partial charge on any atom is -0.496 e. The molecule has 4 rings (SSSR count). The molecule has 0 atom stereocenters. The van der Waals surface area contributed by atoms with Crippen molar-refractivity contribution in [3.63, 3.8) is 0 Å². The van der Waals surface area contributed by atoms with Gasteiger partial charge in [-0.05, 0) is 41.4 Å². The van der Waals surface area contributed by atoms with Crippen LogP contribution < -0.4 is 15.0 Å². The van der Waals surface area contributed by atoms with Gasteiger partial charge in [-0.15, -0.1) is 0 Å². The number of nitrogens with one attached hydrogen (secondary N) is 1. The molecule has 0 aliphatic carbocycles. The van der Waals surface area contributed by atoms with Gasteiger partial charge < -0.3 is 15.0 Å². The Morgan fingerprint density at radius 3 is 2.35 bits per heavy atom. The lowest BCUT2D eigenvalue weighted by Gasteiger charge is -2.23. The van der Waals surface area contributed by atoms with E-state index in [9.17, 15) is 20.2 Å². The Morgan fingerprint density at radius 1 is 1.00 bits per heavy atom. The number of aromatic nitrogens is 2. The first-order valence-electron chi connectivity index (χ1n) is 9.77. The van der Waals surface area contributed by atoms with Crippen LogP contribution in [0.3, 0.4) is 0 Å². The number of anilines is 3. The van der Waals surface area contributed by atoms with Crippen LogP contribution in [0.2, 0.25) is 0 Å². The number of benzene rings is 2. The number of hydrogen-bond donors (Lipinski definition) is 1. The highest BCUT2D eigenvalue weighted by atomic mass is 16.6. The summed E-state index contributed by atoms with van der Waals surface area (Å²) in [5.41, 5.74) is 0.612. The van der Waals surface area contributed by atoms with Crippen LogP contribution in [0.5, 0.6) is 5.75 Å². The maximum atomic E-state index is 11.9. The van der Waals surface area contributed by atoms with Gasteiger partial charge >= 0.3 is 5.69 Å². The molecule has 3 aromatic rings. The van der Waals surface area contributed by atoms with Crippen molar-refractivity contribution in [2.45, 2.75) is 25.7 Å². The topological polar surface area (TPSA) is 150 Å². The predicted molar refractivity (Wildman–Crippen MR) is 112 cm³/mol. The van der Waals surface area contributed by atoms with Crippen molar-refractivity contribution in [2.24, 2.45) is 0 Å². The molecule has 0 bridgehead atoms. The monoisotopic (exact) mass is 428 g/mol. The van der Waals surface area contributed by atoms with Crippen LogP contribution >= 0.6 is 0 Å². The third kappa shape index (κ3) is 3.91. The van der Waals surface area contributed by atoms with Crippen LogP contribution in [-0.4, -0.2) is 40.4 Å². The summed E-state index contributed by atoms with van der Waals surface area (Å²) in [4.78, 5) is 24.4. The number of rotatable bonds is 6. The zero-order valence-corrected chi connectivity index (χ0v) is 16.7. The standard InChI is InChI=1S/C19H20N6O6/c1-30-12-6-7-13(15(10-12)24(26)27)20-14-11-16(23-8-4-2-3-5-9-23)19(25(28)29)18-17(14)21-31-22-18/h6-7,10-11,20H,2-5,8-9H2,1H3. The molecule has 31 heavy (non-hydrogen) atoms. The van der Waals surface area contributed by atoms with E-state index in [0.29, 0.717) is 30.2 Å². The van der Waals surface area contributed by atoms with Crippen LogP contribution in [0.25, 0.3) is 11.0 Å². The average Bonchev–Trinajstić information content (AvgIpc) is 3.08. The molecule has 2 aromatic carbocycles. The van der Waals surface area contributed by atoms with E-state index in [0.717, 1.165) is 25.7 Å². The number of nitrogens with zero attached hydrogens (tertiary/aromatic N) is 5. The molecule has 0 radical (unpaired) electrons. The summed E-state index contributed by atoms with van der Waals surface area (Å²) >= 11 is 0. The molecule has 0 saturated carbocycles. The molecular weight excluding hydrogens is 408 g/mol. The minimum atomic E-state index is -0.538. The summed E-state index contributed by atoms with van der Waals surface area (Å²) in [6.45, 7) is 1.33. The largest absolute Gasteiger partial charge is 0.496 e. The molecule has 12 nitrogen and oxygen atoms in total. The van der Waals surface area contributed by atoms with E-state index >= 15 is 0 Å². The molecule has 12 heteroatoms. The van der Waals surface area contributed by atoms with Crippen LogP contribution in [0.4, 0.5) is 28.4 Å². The fourth-order valence-electron chi connectivity index (χ4n) is 3.78. The molecular formula is C19H20N6O6. The van der Waals surface area contributed by atoms with E-state index in [-0.39, 0.29) is 28.1 Å². The van der Waals surface area contributed by atoms with Gasteiger partial charge in [0.1, 0.15) is 17.1 Å². The van der Waals surface area contributed by atoms with Gasteiger partial charge in [0.05, 0.1) is 28.7 Å². The minimum absolute atomic E-state index is 0.00888. The molecule has 162 valence electrons. The molecule has 0 unspecified atom stereocenters. The SMILES string of the molecule is COc1ccc(Nc2cc(N3CCCCCC3)c([N+](=O)[O-])c3nonc23)c([N+](=O)[O-])c1. The van der Waals surface area contributed by atoms with Crippen molar-refractivity contribution in [2.75, 3.05) is 30.4 Å². The molecule has 2 heterocycles. The Balaban J connectivity index is 1.85. The normalized spacial score (nSPS) is 14.3. The fraction of sp³-hybridized carbons (Fsp3) is 0.368. The Bertz CT molecular complexity index is 1140. The summed E-state index contributed by atoms with van der Waals surface area (Å²) in [5, 5.41) is 34.0. The Kier molecular flexibility index (Phi) is 5.52. The molecule has 1 aliphatic heterocycles. The Hall–Kier alpha value is -3.96. The van der Waals surface area contributed by atoms with Crippen LogP contribution in [-0.2, 0) is 0 Å². The van der Waals surface area contributed by atoms with Gasteiger partial charge in [0.25, 0.3) is 5.69 Å². The maximum absolute atomic E-state index is 11.9. The van der Waals surface area contributed by atoms with Gasteiger partial charge in [-0.3, -0.25) is 20.2 Å². The Morgan fingerprint density at radius 2 is 1.71 bits per heavy atom. The van der Waals surface area contributed by atoms with Crippen molar-refractivity contribution in [1.29, 1.82) is 0 Å². The molecule has 1 N–H and O–H groups in total. The van der Waals surface area contributed by atoms with Gasteiger partial charge in [0.15, 0.2) is 5.52 Å². The highest BCUT2D eigenvalue weighted by molar-refractivity contribution is 6.01. The van der Waals surface area contributed by atoms with E-state index in [4.69, 9.17) is 9.37 Å². The second-order valence-electron chi connectivity index (χ2n) is 7.18. The highest BCUT2D eigenvalue weighted by Crippen LogP contribution is 2.41. The summed E-state index contributed by atoms with van der Waals surface area (Å²) in [7, 11) is 1.42. The van der Waals surface area contributed by atoms with Crippen molar-refractivity contribution in [1.82, 2.24) is 10.3 Å². The zero-order chi connectivity index (χ0) is 22.0. The number of ether oxygens (including phenoxy) is 1. The highest BCUT2D eigenvalue weighted by Gasteiger charge is 2.30. The summed E-state index contributed by atoms with van der Waals surface area (Å²) in [6, 6.07) is 5.96. The Labute approximate surface area is 176 Å². The number of fused-ring (bicyclic) bond motifs is 1. The van der Waals surface area contributed by atoms with E-state index in [1.165, 1.54) is 19.2 Å². The van der Waals surface area contributed by atoms with Gasteiger partial charge in [-0.2, -0.15) is 0 Å². The predicted octanol–water partition coefficient (Wildman–Crippen LogP) is 4.17. The quantitative estimate of drug-likeness (QED) is 0.447. The van der Waals surface area contributed by atoms with Crippen molar-refractivity contribution < 1.29 is 19.2 Å². The van der Waals surface area contributed by atoms with Gasteiger partial charge in [-0.25, -0.2) is 4.63 Å². The lowest BCUT2D eigenvalue weighted by Crippen LogP contribution is -2.25. The van der Waals surface area contributed by atoms with Gasteiger partial charge in [0.2, 0.25) is 5.52 Å². The van der Waals surface area contributed by atoms with Gasteiger partial charge in [-0.1, -0.05) is 12.8 Å². The zero-order valence-electron chi connectivity index (χ0n) is 16.7. The first kappa shape index (κ1) is 20.3. The van der Waals surface area contributed by atoms with Crippen molar-refractivity contribution in [3.8, 4) is 5.75 Å². The number of hydrogen-bond acceptors (Lipinski definition) is 10.